The first-order valence-corrected chi connectivity index (χ1v) is 11.0. The number of nitrogens with zero attached hydrogens (tertiary/aromatic N) is 4. The summed E-state index contributed by atoms with van der Waals surface area (Å²) in [5.74, 6) is 2.51. The van der Waals surface area contributed by atoms with E-state index in [1.165, 1.54) is 32.1 Å². The molecule has 0 radical (unpaired) electrons. The Bertz CT molecular complexity index is 908. The van der Waals surface area contributed by atoms with E-state index < -0.39 is 0 Å². The fourth-order valence-corrected chi connectivity index (χ4v) is 4.70. The van der Waals surface area contributed by atoms with Crippen LogP contribution in [0.2, 0.25) is 0 Å². The number of amides is 1. The van der Waals surface area contributed by atoms with E-state index in [1.54, 1.807) is 7.11 Å². The normalized spacial score (nSPS) is 17.3. The lowest BCUT2D eigenvalue weighted by atomic mass is 9.94. The van der Waals surface area contributed by atoms with Crippen LogP contribution < -0.4 is 9.64 Å². The van der Waals surface area contributed by atoms with Crippen LogP contribution in [0.25, 0.3) is 0 Å². The van der Waals surface area contributed by atoms with Gasteiger partial charge in [0.15, 0.2) is 0 Å². The minimum Gasteiger partial charge on any atom is -0.497 e. The van der Waals surface area contributed by atoms with Gasteiger partial charge in [0, 0.05) is 23.7 Å². The molecule has 2 aromatic rings. The highest BCUT2D eigenvalue weighted by Gasteiger charge is 2.29. The minimum absolute atomic E-state index is 0.120. The summed E-state index contributed by atoms with van der Waals surface area (Å²) in [6.45, 7) is 3.27. The van der Waals surface area contributed by atoms with E-state index in [9.17, 15) is 4.79 Å². The van der Waals surface area contributed by atoms with Gasteiger partial charge in [-0.3, -0.25) is 14.6 Å². The highest BCUT2D eigenvalue weighted by Crippen LogP contribution is 2.30. The molecular weight excluding hydrogens is 376 g/mol. The molecule has 0 unspecified atom stereocenters. The van der Waals surface area contributed by atoms with Crippen molar-refractivity contribution in [3.8, 4) is 5.75 Å². The maximum Gasteiger partial charge on any atom is 0.228 e. The van der Waals surface area contributed by atoms with Crippen LogP contribution in [0.5, 0.6) is 5.75 Å². The summed E-state index contributed by atoms with van der Waals surface area (Å²) in [6.07, 6.45) is 7.68. The highest BCUT2D eigenvalue weighted by atomic mass is 16.5. The van der Waals surface area contributed by atoms with Crippen molar-refractivity contribution >= 4 is 11.7 Å². The Morgan fingerprint density at radius 1 is 1.17 bits per heavy atom. The van der Waals surface area contributed by atoms with Crippen LogP contribution in [-0.4, -0.2) is 41.0 Å². The zero-order chi connectivity index (χ0) is 21.1. The van der Waals surface area contributed by atoms with Gasteiger partial charge in [0.25, 0.3) is 0 Å². The Hall–Kier alpha value is -2.47. The lowest BCUT2D eigenvalue weighted by Gasteiger charge is -2.32. The molecule has 0 bridgehead atoms. The quantitative estimate of drug-likeness (QED) is 0.722. The second kappa shape index (κ2) is 9.13. The van der Waals surface area contributed by atoms with E-state index in [2.05, 4.69) is 11.9 Å². The van der Waals surface area contributed by atoms with Crippen molar-refractivity contribution in [3.05, 3.63) is 46.9 Å². The molecule has 2 aliphatic rings. The van der Waals surface area contributed by atoms with E-state index in [4.69, 9.17) is 14.7 Å². The van der Waals surface area contributed by atoms with Crippen LogP contribution in [-0.2, 0) is 24.3 Å². The average molecular weight is 409 g/mol. The number of aryl methyl sites for hydroxylation is 1. The van der Waals surface area contributed by atoms with Gasteiger partial charge in [0.2, 0.25) is 5.91 Å². The Balaban J connectivity index is 1.59. The van der Waals surface area contributed by atoms with Crippen LogP contribution in [0.3, 0.4) is 0 Å². The first-order chi connectivity index (χ1) is 14.5. The Morgan fingerprint density at radius 3 is 2.73 bits per heavy atom. The summed E-state index contributed by atoms with van der Waals surface area (Å²) < 4.78 is 5.35. The van der Waals surface area contributed by atoms with Gasteiger partial charge >= 0.3 is 0 Å². The van der Waals surface area contributed by atoms with Crippen molar-refractivity contribution in [3.63, 3.8) is 0 Å². The number of rotatable bonds is 6. The molecule has 2 heterocycles. The summed E-state index contributed by atoms with van der Waals surface area (Å²) in [5.41, 5.74) is 3.13. The average Bonchev–Trinajstić information content (AvgIpc) is 2.76. The van der Waals surface area contributed by atoms with Gasteiger partial charge in [0.05, 0.1) is 20.2 Å². The number of anilines is 1. The molecule has 30 heavy (non-hydrogen) atoms. The lowest BCUT2D eigenvalue weighted by molar-refractivity contribution is -0.119. The molecule has 4 rings (SSSR count). The predicted octanol–water partition coefficient (Wildman–Crippen LogP) is 4.04. The maximum atomic E-state index is 12.8. The molecule has 0 atom stereocenters. The van der Waals surface area contributed by atoms with E-state index in [1.807, 2.05) is 36.1 Å². The van der Waals surface area contributed by atoms with Gasteiger partial charge in [-0.1, -0.05) is 31.4 Å². The molecule has 0 N–H and O–H groups in total. The van der Waals surface area contributed by atoms with Crippen molar-refractivity contribution in [2.24, 2.45) is 0 Å². The molecule has 1 aromatic carbocycles. The van der Waals surface area contributed by atoms with Crippen LogP contribution >= 0.6 is 0 Å². The summed E-state index contributed by atoms with van der Waals surface area (Å²) in [5, 5.41) is 0. The number of carbonyl (C=O) groups is 1. The fraction of sp³-hybridized carbons (Fsp3) is 0.542. The third-order valence-electron chi connectivity index (χ3n) is 6.45. The molecule has 1 fully saturated rings. The molecule has 1 saturated carbocycles. The topological polar surface area (TPSA) is 58.6 Å². The molecule has 1 aliphatic carbocycles. The Labute approximate surface area is 179 Å². The smallest absolute Gasteiger partial charge is 0.228 e. The second-order valence-corrected chi connectivity index (χ2v) is 8.57. The van der Waals surface area contributed by atoms with E-state index >= 15 is 0 Å². The summed E-state index contributed by atoms with van der Waals surface area (Å²) in [4.78, 5) is 26.7. The number of hydrogen-bond donors (Lipinski definition) is 0. The van der Waals surface area contributed by atoms with Gasteiger partial charge in [-0.15, -0.1) is 0 Å². The number of methoxy groups -OCH3 is 1. The second-order valence-electron chi connectivity index (χ2n) is 8.57. The number of aromatic nitrogens is 2. The zero-order valence-corrected chi connectivity index (χ0v) is 18.4. The van der Waals surface area contributed by atoms with Crippen molar-refractivity contribution in [1.29, 1.82) is 0 Å². The Morgan fingerprint density at radius 2 is 1.97 bits per heavy atom. The fourth-order valence-electron chi connectivity index (χ4n) is 4.70. The summed E-state index contributed by atoms with van der Waals surface area (Å²) in [7, 11) is 3.83. The van der Waals surface area contributed by atoms with Gasteiger partial charge in [-0.2, -0.15) is 0 Å². The Kier molecular flexibility index (Phi) is 6.32. The maximum absolute atomic E-state index is 12.8. The minimum atomic E-state index is 0.120. The predicted molar refractivity (Wildman–Crippen MR) is 118 cm³/mol. The molecule has 0 saturated heterocycles. The van der Waals surface area contributed by atoms with Crippen molar-refractivity contribution in [2.75, 3.05) is 19.1 Å². The summed E-state index contributed by atoms with van der Waals surface area (Å²) >= 11 is 0. The van der Waals surface area contributed by atoms with Crippen molar-refractivity contribution < 1.29 is 9.53 Å². The third-order valence-corrected chi connectivity index (χ3v) is 6.45. The number of ether oxygens (including phenoxy) is 1. The molecule has 1 aromatic heterocycles. The lowest BCUT2D eigenvalue weighted by Crippen LogP contribution is -2.37. The molecule has 160 valence electrons. The SMILES string of the molecule is COc1cccc(CN2C(=O)CCc3c(C)nc(CN(C)C4CCCCC4)nc32)c1. The van der Waals surface area contributed by atoms with Gasteiger partial charge in [0.1, 0.15) is 17.4 Å². The van der Waals surface area contributed by atoms with E-state index in [0.717, 1.165) is 40.8 Å². The molecular formula is C24H32N4O2. The summed E-state index contributed by atoms with van der Waals surface area (Å²) in [6, 6.07) is 8.48. The van der Waals surface area contributed by atoms with E-state index in [0.29, 0.717) is 25.4 Å². The third kappa shape index (κ3) is 4.48. The number of hydrogen-bond acceptors (Lipinski definition) is 5. The first-order valence-electron chi connectivity index (χ1n) is 11.0. The van der Waals surface area contributed by atoms with Crippen molar-refractivity contribution in [1.82, 2.24) is 14.9 Å². The number of carbonyl (C=O) groups excluding carboxylic acids is 1. The zero-order valence-electron chi connectivity index (χ0n) is 18.4. The monoisotopic (exact) mass is 408 g/mol. The number of fused-ring (bicyclic) bond motifs is 1. The van der Waals surface area contributed by atoms with E-state index in [-0.39, 0.29) is 5.91 Å². The van der Waals surface area contributed by atoms with Gasteiger partial charge < -0.3 is 4.74 Å². The molecule has 6 nitrogen and oxygen atoms in total. The highest BCUT2D eigenvalue weighted by molar-refractivity contribution is 5.95. The largest absolute Gasteiger partial charge is 0.497 e. The van der Waals surface area contributed by atoms with Crippen molar-refractivity contribution in [2.45, 2.75) is 71.0 Å². The van der Waals surface area contributed by atoms with Gasteiger partial charge in [-0.05, 0) is 50.9 Å². The molecule has 6 heteroatoms. The standard InChI is InChI=1S/C24H32N4O2/c1-17-21-12-13-23(29)28(15-18-8-7-11-20(14-18)30-3)24(21)26-22(25-17)16-27(2)19-9-5-4-6-10-19/h7-8,11,14,19H,4-6,9-10,12-13,15-16H2,1-3H3. The molecule has 1 aliphatic heterocycles. The number of benzene rings is 1. The van der Waals surface area contributed by atoms with Crippen LogP contribution in [0.1, 0.15) is 61.2 Å². The molecule has 0 spiro atoms. The van der Waals surface area contributed by atoms with Crippen LogP contribution in [0.15, 0.2) is 24.3 Å². The molecule has 1 amide bonds. The van der Waals surface area contributed by atoms with Gasteiger partial charge in [-0.25, -0.2) is 9.97 Å². The van der Waals surface area contributed by atoms with Crippen LogP contribution in [0.4, 0.5) is 5.82 Å². The van der Waals surface area contributed by atoms with Crippen LogP contribution in [0, 0.1) is 6.92 Å². The first kappa shape index (κ1) is 20.8.